The van der Waals surface area contributed by atoms with Gasteiger partial charge in [0.1, 0.15) is 6.10 Å². The van der Waals surface area contributed by atoms with Crippen LogP contribution in [0.3, 0.4) is 0 Å². The smallest absolute Gasteiger partial charge is 0.261 e. The van der Waals surface area contributed by atoms with Crippen LogP contribution in [0.2, 0.25) is 0 Å². The molecule has 4 nitrogen and oxygen atoms in total. The molecule has 1 amide bonds. The Hall–Kier alpha value is -3.24. The summed E-state index contributed by atoms with van der Waals surface area (Å²) in [5.74, 6) is -0.851. The number of benzene rings is 3. The van der Waals surface area contributed by atoms with E-state index in [4.69, 9.17) is 10.5 Å². The van der Waals surface area contributed by atoms with E-state index in [0.717, 1.165) is 11.1 Å². The van der Waals surface area contributed by atoms with E-state index in [-0.39, 0.29) is 0 Å². The van der Waals surface area contributed by atoms with Crippen LogP contribution in [0.5, 0.6) is 0 Å². The average Bonchev–Trinajstić information content (AvgIpc) is 2.71. The van der Waals surface area contributed by atoms with Gasteiger partial charge in [-0.1, -0.05) is 91.0 Å². The molecular formula is C22H19NO3. The van der Waals surface area contributed by atoms with Gasteiger partial charge in [0, 0.05) is 5.56 Å². The molecule has 0 radical (unpaired) electrons. The van der Waals surface area contributed by atoms with Crippen LogP contribution in [-0.2, 0) is 19.9 Å². The van der Waals surface area contributed by atoms with Gasteiger partial charge in [-0.15, -0.1) is 0 Å². The molecule has 0 heterocycles. The van der Waals surface area contributed by atoms with Gasteiger partial charge in [0.25, 0.3) is 5.91 Å². The standard InChI is InChI=1S/C22H19NO3/c23-21(25)22(16-24,19-14-8-3-9-15-19)26-20(17-10-4-1-5-11-17)18-12-6-2-7-13-18/h1-16,20H,(H2,23,25). The molecule has 26 heavy (non-hydrogen) atoms. The van der Waals surface area contributed by atoms with Gasteiger partial charge < -0.3 is 10.5 Å². The Bertz CT molecular complexity index is 826. The summed E-state index contributed by atoms with van der Waals surface area (Å²) in [7, 11) is 0. The number of aldehydes is 1. The molecule has 0 saturated carbocycles. The Kier molecular flexibility index (Phi) is 5.25. The Morgan fingerprint density at radius 3 is 1.62 bits per heavy atom. The highest BCUT2D eigenvalue weighted by Gasteiger charge is 2.42. The quantitative estimate of drug-likeness (QED) is 0.527. The zero-order valence-electron chi connectivity index (χ0n) is 14.1. The van der Waals surface area contributed by atoms with E-state index in [2.05, 4.69) is 0 Å². The minimum atomic E-state index is -1.88. The summed E-state index contributed by atoms with van der Waals surface area (Å²) >= 11 is 0. The van der Waals surface area contributed by atoms with E-state index in [1.54, 1.807) is 30.3 Å². The first-order valence-corrected chi connectivity index (χ1v) is 8.27. The fourth-order valence-corrected chi connectivity index (χ4v) is 2.88. The molecule has 3 aromatic rings. The summed E-state index contributed by atoms with van der Waals surface area (Å²) in [5.41, 5.74) is 5.79. The van der Waals surface area contributed by atoms with Crippen LogP contribution in [0.15, 0.2) is 91.0 Å². The molecule has 0 fully saturated rings. The molecule has 0 aromatic heterocycles. The van der Waals surface area contributed by atoms with Crippen LogP contribution >= 0.6 is 0 Å². The van der Waals surface area contributed by atoms with Crippen molar-refractivity contribution in [1.29, 1.82) is 0 Å². The molecule has 1 unspecified atom stereocenters. The minimum Gasteiger partial charge on any atom is -0.366 e. The maximum absolute atomic E-state index is 12.3. The molecule has 2 N–H and O–H groups in total. The second-order valence-corrected chi connectivity index (χ2v) is 5.90. The van der Waals surface area contributed by atoms with E-state index in [1.165, 1.54) is 0 Å². The molecule has 130 valence electrons. The molecule has 0 saturated heterocycles. The topological polar surface area (TPSA) is 69.4 Å². The third-order valence-corrected chi connectivity index (χ3v) is 4.24. The summed E-state index contributed by atoms with van der Waals surface area (Å²) in [6, 6.07) is 27.4. The van der Waals surface area contributed by atoms with Crippen molar-refractivity contribution in [3.8, 4) is 0 Å². The lowest BCUT2D eigenvalue weighted by atomic mass is 9.92. The van der Waals surface area contributed by atoms with E-state index in [0.29, 0.717) is 11.8 Å². The normalized spacial score (nSPS) is 13.1. The van der Waals surface area contributed by atoms with Gasteiger partial charge in [0.15, 0.2) is 6.29 Å². The number of ether oxygens (including phenoxy) is 1. The van der Waals surface area contributed by atoms with Crippen LogP contribution in [-0.4, -0.2) is 12.2 Å². The lowest BCUT2D eigenvalue weighted by molar-refractivity contribution is -0.157. The van der Waals surface area contributed by atoms with Crippen molar-refractivity contribution < 1.29 is 14.3 Å². The van der Waals surface area contributed by atoms with Crippen molar-refractivity contribution in [1.82, 2.24) is 0 Å². The van der Waals surface area contributed by atoms with Gasteiger partial charge >= 0.3 is 0 Å². The molecule has 0 aliphatic heterocycles. The lowest BCUT2D eigenvalue weighted by Crippen LogP contribution is -2.46. The van der Waals surface area contributed by atoms with Crippen molar-refractivity contribution in [2.75, 3.05) is 0 Å². The van der Waals surface area contributed by atoms with Gasteiger partial charge in [-0.3, -0.25) is 9.59 Å². The molecule has 0 bridgehead atoms. The number of rotatable bonds is 7. The van der Waals surface area contributed by atoms with Crippen LogP contribution < -0.4 is 5.73 Å². The number of hydrogen-bond donors (Lipinski definition) is 1. The largest absolute Gasteiger partial charge is 0.366 e. The number of carbonyl (C=O) groups excluding carboxylic acids is 2. The molecule has 1 atom stereocenters. The molecule has 3 rings (SSSR count). The maximum atomic E-state index is 12.3. The fraction of sp³-hybridized carbons (Fsp3) is 0.0909. The number of nitrogens with two attached hydrogens (primary N) is 1. The van der Waals surface area contributed by atoms with Crippen molar-refractivity contribution in [3.63, 3.8) is 0 Å². The van der Waals surface area contributed by atoms with Gasteiger partial charge in [0.05, 0.1) is 0 Å². The SMILES string of the molecule is NC(=O)C(C=O)(OC(c1ccccc1)c1ccccc1)c1ccccc1. The summed E-state index contributed by atoms with van der Waals surface area (Å²) in [5, 5.41) is 0. The van der Waals surface area contributed by atoms with Crippen LogP contribution in [0.4, 0.5) is 0 Å². The minimum absolute atomic E-state index is 0.402. The fourth-order valence-electron chi connectivity index (χ4n) is 2.88. The van der Waals surface area contributed by atoms with Crippen molar-refractivity contribution in [3.05, 3.63) is 108 Å². The van der Waals surface area contributed by atoms with Crippen molar-refractivity contribution in [2.45, 2.75) is 11.7 Å². The second kappa shape index (κ2) is 7.76. The average molecular weight is 345 g/mol. The summed E-state index contributed by atoms with van der Waals surface area (Å²) < 4.78 is 6.16. The highest BCUT2D eigenvalue weighted by molar-refractivity contribution is 6.00. The Labute approximate surface area is 152 Å². The van der Waals surface area contributed by atoms with E-state index in [1.807, 2.05) is 60.7 Å². The number of carbonyl (C=O) groups is 2. The first-order valence-electron chi connectivity index (χ1n) is 8.27. The van der Waals surface area contributed by atoms with Gasteiger partial charge in [0.2, 0.25) is 5.60 Å². The molecule has 0 spiro atoms. The number of primary amides is 1. The Morgan fingerprint density at radius 2 is 1.23 bits per heavy atom. The van der Waals surface area contributed by atoms with Crippen LogP contribution in [0, 0.1) is 0 Å². The van der Waals surface area contributed by atoms with Crippen molar-refractivity contribution >= 4 is 12.2 Å². The highest BCUT2D eigenvalue weighted by Crippen LogP contribution is 2.35. The van der Waals surface area contributed by atoms with Crippen molar-refractivity contribution in [2.24, 2.45) is 5.73 Å². The Morgan fingerprint density at radius 1 is 0.808 bits per heavy atom. The summed E-state index contributed by atoms with van der Waals surface area (Å²) in [6.45, 7) is 0. The molecule has 4 heteroatoms. The summed E-state index contributed by atoms with van der Waals surface area (Å²) in [6.07, 6.45) is -0.154. The predicted octanol–water partition coefficient (Wildman–Crippen LogP) is 3.37. The Balaban J connectivity index is 2.12. The third kappa shape index (κ3) is 3.41. The molecule has 0 aliphatic rings. The molecular weight excluding hydrogens is 326 g/mol. The zero-order chi connectivity index (χ0) is 18.4. The highest BCUT2D eigenvalue weighted by atomic mass is 16.5. The zero-order valence-corrected chi connectivity index (χ0v) is 14.1. The van der Waals surface area contributed by atoms with Gasteiger partial charge in [-0.05, 0) is 11.1 Å². The molecule has 0 aliphatic carbocycles. The molecule has 3 aromatic carbocycles. The van der Waals surface area contributed by atoms with E-state index >= 15 is 0 Å². The first-order chi connectivity index (χ1) is 12.7. The first kappa shape index (κ1) is 17.6. The predicted molar refractivity (Wildman–Crippen MR) is 99.2 cm³/mol. The van der Waals surface area contributed by atoms with Gasteiger partial charge in [-0.2, -0.15) is 0 Å². The maximum Gasteiger partial charge on any atom is 0.261 e. The van der Waals surface area contributed by atoms with E-state index in [9.17, 15) is 9.59 Å². The van der Waals surface area contributed by atoms with Crippen LogP contribution in [0.25, 0.3) is 0 Å². The monoisotopic (exact) mass is 345 g/mol. The van der Waals surface area contributed by atoms with E-state index < -0.39 is 17.6 Å². The van der Waals surface area contributed by atoms with Crippen LogP contribution in [0.1, 0.15) is 22.8 Å². The number of amides is 1. The number of hydrogen-bond acceptors (Lipinski definition) is 3. The third-order valence-electron chi connectivity index (χ3n) is 4.24. The summed E-state index contributed by atoms with van der Waals surface area (Å²) in [4.78, 5) is 24.4. The van der Waals surface area contributed by atoms with Gasteiger partial charge in [-0.25, -0.2) is 0 Å². The second-order valence-electron chi connectivity index (χ2n) is 5.90. The lowest BCUT2D eigenvalue weighted by Gasteiger charge is -2.31.